The summed E-state index contributed by atoms with van der Waals surface area (Å²) in [4.78, 5) is 21.8. The van der Waals surface area contributed by atoms with Crippen LogP contribution < -0.4 is 5.73 Å². The third-order valence-corrected chi connectivity index (χ3v) is 4.72. The second kappa shape index (κ2) is 8.32. The number of pyridine rings is 2. The molecule has 0 saturated carbocycles. The van der Waals surface area contributed by atoms with E-state index in [-0.39, 0.29) is 33.6 Å². The first kappa shape index (κ1) is 21.9. The number of nitrogen functional groups attached to an aromatic ring is 1. The molecule has 0 bridgehead atoms. The number of nitrogens with two attached hydrogens (primary N) is 1. The molecule has 0 spiro atoms. The molecule has 2 N–H and O–H groups in total. The van der Waals surface area contributed by atoms with Crippen LogP contribution in [0.25, 0.3) is 11.6 Å². The summed E-state index contributed by atoms with van der Waals surface area (Å²) >= 11 is 6.16. The fourth-order valence-corrected chi connectivity index (χ4v) is 3.26. The van der Waals surface area contributed by atoms with Crippen molar-refractivity contribution in [1.29, 1.82) is 5.26 Å². The number of anilines is 1. The molecule has 0 atom stereocenters. The normalized spacial score (nSPS) is 11.4. The first-order valence-electron chi connectivity index (χ1n) is 9.05. The van der Waals surface area contributed by atoms with Crippen molar-refractivity contribution < 1.29 is 18.0 Å². The van der Waals surface area contributed by atoms with E-state index in [9.17, 15) is 18.0 Å². The SMILES string of the molecule is N#Cc1ccc(-n2ncc(C(=O)Cc3cnc(-n4nccn4)c(Cl)c3)c2C(F)(F)F)nc1N. The fourth-order valence-electron chi connectivity index (χ4n) is 3.00. The van der Waals surface area contributed by atoms with Crippen LogP contribution in [0.1, 0.15) is 27.2 Å². The van der Waals surface area contributed by atoms with Crippen LogP contribution in [-0.2, 0) is 12.6 Å². The van der Waals surface area contributed by atoms with E-state index in [1.165, 1.54) is 30.7 Å². The van der Waals surface area contributed by atoms with Crippen LogP contribution in [0.3, 0.4) is 0 Å². The van der Waals surface area contributed by atoms with Gasteiger partial charge in [0, 0.05) is 12.6 Å². The maximum absolute atomic E-state index is 13.9. The van der Waals surface area contributed by atoms with Gasteiger partial charge in [0.25, 0.3) is 0 Å². The molecule has 0 radical (unpaired) electrons. The van der Waals surface area contributed by atoms with Crippen LogP contribution in [0.2, 0.25) is 5.02 Å². The summed E-state index contributed by atoms with van der Waals surface area (Å²) in [7, 11) is 0. The highest BCUT2D eigenvalue weighted by molar-refractivity contribution is 6.32. The fraction of sp³-hybridized carbons (Fsp3) is 0.105. The molecule has 0 unspecified atom stereocenters. The summed E-state index contributed by atoms with van der Waals surface area (Å²) in [6.07, 6.45) is -0.417. The van der Waals surface area contributed by atoms with E-state index in [1.54, 1.807) is 6.07 Å². The van der Waals surface area contributed by atoms with Gasteiger partial charge < -0.3 is 5.73 Å². The number of nitrogens with zero attached hydrogens (tertiary/aromatic N) is 8. The van der Waals surface area contributed by atoms with Gasteiger partial charge in [-0.2, -0.15) is 33.7 Å². The zero-order valence-electron chi connectivity index (χ0n) is 16.3. The molecule has 166 valence electrons. The number of hydrogen-bond donors (Lipinski definition) is 1. The van der Waals surface area contributed by atoms with Crippen LogP contribution in [0.4, 0.5) is 19.0 Å². The first-order chi connectivity index (χ1) is 15.7. The van der Waals surface area contributed by atoms with Gasteiger partial charge in [0.1, 0.15) is 11.9 Å². The zero-order chi connectivity index (χ0) is 23.8. The highest BCUT2D eigenvalue weighted by atomic mass is 35.5. The Labute approximate surface area is 188 Å². The Kier molecular flexibility index (Phi) is 5.52. The van der Waals surface area contributed by atoms with Gasteiger partial charge >= 0.3 is 6.18 Å². The summed E-state index contributed by atoms with van der Waals surface area (Å²) in [6.45, 7) is 0. The number of nitriles is 1. The van der Waals surface area contributed by atoms with Crippen LogP contribution in [0.5, 0.6) is 0 Å². The third-order valence-electron chi connectivity index (χ3n) is 4.44. The Morgan fingerprint density at radius 1 is 1.18 bits per heavy atom. The molecule has 0 saturated heterocycles. The van der Waals surface area contributed by atoms with Crippen LogP contribution in [-0.4, -0.2) is 40.5 Å². The molecule has 0 aliphatic heterocycles. The van der Waals surface area contributed by atoms with Gasteiger partial charge in [-0.3, -0.25) is 4.79 Å². The minimum Gasteiger partial charge on any atom is -0.383 e. The maximum Gasteiger partial charge on any atom is 0.434 e. The summed E-state index contributed by atoms with van der Waals surface area (Å²) in [5.74, 6) is -1.22. The number of alkyl halides is 3. The smallest absolute Gasteiger partial charge is 0.383 e. The van der Waals surface area contributed by atoms with Crippen molar-refractivity contribution in [3.05, 3.63) is 70.4 Å². The Morgan fingerprint density at radius 3 is 2.52 bits per heavy atom. The molecule has 0 aliphatic carbocycles. The average molecular weight is 474 g/mol. The van der Waals surface area contributed by atoms with Crippen molar-refractivity contribution in [2.75, 3.05) is 5.73 Å². The number of rotatable bonds is 5. The number of halogens is 4. The van der Waals surface area contributed by atoms with Crippen LogP contribution >= 0.6 is 11.6 Å². The quantitative estimate of drug-likeness (QED) is 0.436. The molecule has 33 heavy (non-hydrogen) atoms. The standard InChI is InChI=1S/C19H11ClF3N9O/c20-13-5-10(8-26-18(13)32-27-3-4-28-32)6-14(33)12-9-29-31(16(12)19(21,22)23)15-2-1-11(7-24)17(25)30-15/h1-5,8-9H,6H2,(H2,25,30). The van der Waals surface area contributed by atoms with E-state index >= 15 is 0 Å². The molecule has 0 amide bonds. The molecule has 4 aromatic heterocycles. The van der Waals surface area contributed by atoms with Crippen molar-refractivity contribution >= 4 is 23.2 Å². The van der Waals surface area contributed by atoms with Gasteiger partial charge in [-0.05, 0) is 23.8 Å². The van der Waals surface area contributed by atoms with E-state index in [1.807, 2.05) is 0 Å². The lowest BCUT2D eigenvalue weighted by atomic mass is 10.0. The maximum atomic E-state index is 13.9. The lowest BCUT2D eigenvalue weighted by molar-refractivity contribution is -0.143. The highest BCUT2D eigenvalue weighted by Gasteiger charge is 2.40. The number of ketones is 1. The van der Waals surface area contributed by atoms with Crippen molar-refractivity contribution in [2.24, 2.45) is 0 Å². The molecule has 4 aromatic rings. The van der Waals surface area contributed by atoms with Gasteiger partial charge in [0.05, 0.1) is 34.7 Å². The summed E-state index contributed by atoms with van der Waals surface area (Å²) in [5.41, 5.74) is 3.90. The predicted octanol–water partition coefficient (Wildman–Crippen LogP) is 2.79. The van der Waals surface area contributed by atoms with Crippen LogP contribution in [0.15, 0.2) is 43.0 Å². The summed E-state index contributed by atoms with van der Waals surface area (Å²) in [5, 5.41) is 20.5. The van der Waals surface area contributed by atoms with Crippen LogP contribution in [0, 0.1) is 11.3 Å². The minimum atomic E-state index is -4.93. The molecular formula is C19H11ClF3N9O. The Balaban J connectivity index is 1.68. The molecule has 0 aliphatic rings. The topological polar surface area (TPSA) is 141 Å². The lowest BCUT2D eigenvalue weighted by Crippen LogP contribution is -2.19. The van der Waals surface area contributed by atoms with Crippen molar-refractivity contribution in [2.45, 2.75) is 12.6 Å². The van der Waals surface area contributed by atoms with E-state index in [4.69, 9.17) is 22.6 Å². The average Bonchev–Trinajstić information content (AvgIpc) is 3.44. The lowest BCUT2D eigenvalue weighted by Gasteiger charge is -2.12. The van der Waals surface area contributed by atoms with E-state index in [0.717, 1.165) is 17.1 Å². The third kappa shape index (κ3) is 4.23. The molecular weight excluding hydrogens is 463 g/mol. The molecule has 0 aromatic carbocycles. The first-order valence-corrected chi connectivity index (χ1v) is 9.43. The van der Waals surface area contributed by atoms with E-state index < -0.39 is 29.6 Å². The molecule has 14 heteroatoms. The number of hydrogen-bond acceptors (Lipinski definition) is 8. The second-order valence-corrected chi connectivity index (χ2v) is 7.01. The summed E-state index contributed by atoms with van der Waals surface area (Å²) < 4.78 is 42.1. The Morgan fingerprint density at radius 2 is 1.91 bits per heavy atom. The summed E-state index contributed by atoms with van der Waals surface area (Å²) in [6, 6.07) is 5.52. The largest absolute Gasteiger partial charge is 0.434 e. The highest BCUT2D eigenvalue weighted by Crippen LogP contribution is 2.34. The zero-order valence-corrected chi connectivity index (χ0v) is 17.1. The molecule has 10 nitrogen and oxygen atoms in total. The number of aromatic nitrogens is 7. The molecule has 4 rings (SSSR count). The monoisotopic (exact) mass is 473 g/mol. The minimum absolute atomic E-state index is 0.00565. The predicted molar refractivity (Wildman–Crippen MR) is 108 cm³/mol. The Bertz CT molecular complexity index is 1390. The number of carbonyl (C=O) groups is 1. The number of carbonyl (C=O) groups excluding carboxylic acids is 1. The van der Waals surface area contributed by atoms with Crippen molar-refractivity contribution in [1.82, 2.24) is 34.7 Å². The van der Waals surface area contributed by atoms with Gasteiger partial charge in [0.2, 0.25) is 0 Å². The van der Waals surface area contributed by atoms with Gasteiger partial charge in [-0.15, -0.1) is 4.80 Å². The van der Waals surface area contributed by atoms with Crippen molar-refractivity contribution in [3.63, 3.8) is 0 Å². The van der Waals surface area contributed by atoms with Crippen molar-refractivity contribution in [3.8, 4) is 17.7 Å². The molecule has 4 heterocycles. The van der Waals surface area contributed by atoms with Gasteiger partial charge in [-0.25, -0.2) is 14.6 Å². The second-order valence-electron chi connectivity index (χ2n) is 6.60. The molecule has 0 fully saturated rings. The van der Waals surface area contributed by atoms with E-state index in [2.05, 4.69) is 25.3 Å². The van der Waals surface area contributed by atoms with Gasteiger partial charge in [-0.1, -0.05) is 11.6 Å². The van der Waals surface area contributed by atoms with Gasteiger partial charge in [0.15, 0.2) is 23.1 Å². The number of Topliss-reactive ketones (excluding diaryl/α,β-unsaturated/α-hetero) is 1. The van der Waals surface area contributed by atoms with E-state index in [0.29, 0.717) is 4.68 Å². The Hall–Kier alpha value is -4.31.